The first-order valence-electron chi connectivity index (χ1n) is 6.31. The summed E-state index contributed by atoms with van der Waals surface area (Å²) in [5.74, 6) is 0.243. The molecule has 1 heterocycles. The van der Waals surface area contributed by atoms with Crippen molar-refractivity contribution in [2.45, 2.75) is 64.6 Å². The molecule has 1 unspecified atom stereocenters. The lowest BCUT2D eigenvalue weighted by molar-refractivity contribution is -0.114. The van der Waals surface area contributed by atoms with E-state index in [1.165, 1.54) is 6.42 Å². The predicted molar refractivity (Wildman–Crippen MR) is 64.3 cm³/mol. The number of ketones is 1. The van der Waals surface area contributed by atoms with E-state index in [0.717, 1.165) is 19.3 Å². The number of hydrogen-bond donors (Lipinski definition) is 0. The lowest BCUT2D eigenvalue weighted by atomic mass is 9.85. The number of fused-ring (bicyclic) bond motifs is 1. The lowest BCUT2D eigenvalue weighted by Gasteiger charge is -2.20. The van der Waals surface area contributed by atoms with Gasteiger partial charge in [0.05, 0.1) is 11.7 Å². The smallest absolute Gasteiger partial charge is 0.155 e. The Balaban J connectivity index is 2.04. The molecule has 0 N–H and O–H groups in total. The van der Waals surface area contributed by atoms with E-state index in [9.17, 15) is 4.79 Å². The fourth-order valence-corrected chi connectivity index (χ4v) is 2.53. The Hall–Kier alpha value is -0.630. The predicted octanol–water partition coefficient (Wildman–Crippen LogP) is 3.26. The molecule has 2 nitrogen and oxygen atoms in total. The van der Waals surface area contributed by atoms with E-state index in [4.69, 9.17) is 4.74 Å². The van der Waals surface area contributed by atoms with Crippen molar-refractivity contribution in [2.75, 3.05) is 0 Å². The zero-order valence-electron chi connectivity index (χ0n) is 10.6. The summed E-state index contributed by atoms with van der Waals surface area (Å²) in [6.45, 7) is 6.57. The molecule has 16 heavy (non-hydrogen) atoms. The second-order valence-corrected chi connectivity index (χ2v) is 6.10. The zero-order valence-corrected chi connectivity index (χ0v) is 10.6. The summed E-state index contributed by atoms with van der Waals surface area (Å²) in [5.41, 5.74) is 0.210. The van der Waals surface area contributed by atoms with Crippen molar-refractivity contribution in [3.05, 3.63) is 12.2 Å². The van der Waals surface area contributed by atoms with Gasteiger partial charge < -0.3 is 4.74 Å². The van der Waals surface area contributed by atoms with Crippen LogP contribution in [0.1, 0.15) is 52.9 Å². The molecule has 0 radical (unpaired) electrons. The van der Waals surface area contributed by atoms with Gasteiger partial charge in [0.2, 0.25) is 0 Å². The van der Waals surface area contributed by atoms with Gasteiger partial charge in [-0.3, -0.25) is 4.79 Å². The van der Waals surface area contributed by atoms with Gasteiger partial charge in [0.15, 0.2) is 5.78 Å². The molecule has 2 aliphatic rings. The van der Waals surface area contributed by atoms with Crippen LogP contribution in [0.4, 0.5) is 0 Å². The largest absolute Gasteiger partial charge is 0.366 e. The number of ether oxygens (including phenoxy) is 1. The SMILES string of the molecule is CC1(C)/C=C/C(=O)CCC2O[C@]2(C)CCC1. The van der Waals surface area contributed by atoms with E-state index in [1.807, 2.05) is 0 Å². The third kappa shape index (κ3) is 2.73. The van der Waals surface area contributed by atoms with Gasteiger partial charge in [0, 0.05) is 6.42 Å². The lowest BCUT2D eigenvalue weighted by Crippen LogP contribution is -2.12. The maximum atomic E-state index is 11.6. The van der Waals surface area contributed by atoms with Crippen molar-refractivity contribution < 1.29 is 9.53 Å². The van der Waals surface area contributed by atoms with Crippen LogP contribution in [0.15, 0.2) is 12.2 Å². The average molecular weight is 222 g/mol. The minimum absolute atomic E-state index is 0.0701. The Labute approximate surface area is 98.1 Å². The van der Waals surface area contributed by atoms with Crippen LogP contribution in [0.5, 0.6) is 0 Å². The van der Waals surface area contributed by atoms with Crippen molar-refractivity contribution in [3.8, 4) is 0 Å². The van der Waals surface area contributed by atoms with E-state index in [-0.39, 0.29) is 16.8 Å². The normalized spacial score (nSPS) is 40.7. The standard InChI is InChI=1S/C14H22O2/c1-13(2)8-4-9-14(3)12(16-14)6-5-11(15)7-10-13/h7,10,12H,4-6,8-9H2,1-3H3/b10-7+/t12?,14-/m1/s1. The maximum absolute atomic E-state index is 11.6. The molecule has 90 valence electrons. The summed E-state index contributed by atoms with van der Waals surface area (Å²) in [6.07, 6.45) is 9.13. The Kier molecular flexibility index (Phi) is 2.95. The molecule has 0 bridgehead atoms. The Bertz CT molecular complexity index is 317. The van der Waals surface area contributed by atoms with Gasteiger partial charge in [-0.15, -0.1) is 0 Å². The van der Waals surface area contributed by atoms with Crippen LogP contribution in [0.2, 0.25) is 0 Å². The van der Waals surface area contributed by atoms with E-state index in [1.54, 1.807) is 6.08 Å². The monoisotopic (exact) mass is 222 g/mol. The van der Waals surface area contributed by atoms with E-state index in [0.29, 0.717) is 12.5 Å². The van der Waals surface area contributed by atoms with Crippen molar-refractivity contribution in [1.82, 2.24) is 0 Å². The molecule has 0 aromatic carbocycles. The highest BCUT2D eigenvalue weighted by molar-refractivity contribution is 5.89. The quantitative estimate of drug-likeness (QED) is 0.589. The number of epoxide rings is 1. The number of allylic oxidation sites excluding steroid dienone is 2. The molecule has 1 aliphatic carbocycles. The molecular weight excluding hydrogens is 200 g/mol. The van der Waals surface area contributed by atoms with Gasteiger partial charge in [0.25, 0.3) is 0 Å². The summed E-state index contributed by atoms with van der Waals surface area (Å²) >= 11 is 0. The van der Waals surface area contributed by atoms with Crippen molar-refractivity contribution in [1.29, 1.82) is 0 Å². The molecule has 0 aromatic rings. The highest BCUT2D eigenvalue weighted by Gasteiger charge is 2.51. The Morgan fingerprint density at radius 1 is 1.31 bits per heavy atom. The van der Waals surface area contributed by atoms with E-state index in [2.05, 4.69) is 26.8 Å². The number of carbonyl (C=O) groups is 1. The highest BCUT2D eigenvalue weighted by atomic mass is 16.6. The highest BCUT2D eigenvalue weighted by Crippen LogP contribution is 2.44. The van der Waals surface area contributed by atoms with Gasteiger partial charge in [-0.25, -0.2) is 0 Å². The molecule has 2 heteroatoms. The molecule has 1 fully saturated rings. The molecule has 1 saturated heterocycles. The molecule has 1 aliphatic heterocycles. The van der Waals surface area contributed by atoms with E-state index < -0.39 is 0 Å². The maximum Gasteiger partial charge on any atom is 0.155 e. The second-order valence-electron chi connectivity index (χ2n) is 6.10. The summed E-state index contributed by atoms with van der Waals surface area (Å²) < 4.78 is 5.72. The summed E-state index contributed by atoms with van der Waals surface area (Å²) in [4.78, 5) is 11.6. The summed E-state index contributed by atoms with van der Waals surface area (Å²) in [5, 5.41) is 0. The topological polar surface area (TPSA) is 29.6 Å². The second kappa shape index (κ2) is 3.99. The van der Waals surface area contributed by atoms with Crippen molar-refractivity contribution in [2.24, 2.45) is 5.41 Å². The van der Waals surface area contributed by atoms with Crippen LogP contribution >= 0.6 is 0 Å². The van der Waals surface area contributed by atoms with Crippen LogP contribution in [0, 0.1) is 5.41 Å². The first-order chi connectivity index (χ1) is 7.41. The van der Waals surface area contributed by atoms with Crippen LogP contribution in [0.3, 0.4) is 0 Å². The summed E-state index contributed by atoms with van der Waals surface area (Å²) in [6, 6.07) is 0. The van der Waals surface area contributed by atoms with Crippen LogP contribution in [-0.4, -0.2) is 17.5 Å². The third-order valence-electron chi connectivity index (χ3n) is 3.90. The minimum atomic E-state index is 0.0701. The molecular formula is C14H22O2. The Morgan fingerprint density at radius 3 is 2.81 bits per heavy atom. The molecule has 0 aromatic heterocycles. The number of hydrogen-bond acceptors (Lipinski definition) is 2. The van der Waals surface area contributed by atoms with Gasteiger partial charge in [0.1, 0.15) is 0 Å². The first-order valence-corrected chi connectivity index (χ1v) is 6.31. The van der Waals surface area contributed by atoms with Crippen molar-refractivity contribution in [3.63, 3.8) is 0 Å². The molecule has 0 spiro atoms. The van der Waals surface area contributed by atoms with Gasteiger partial charge in [-0.2, -0.15) is 0 Å². The first kappa shape index (κ1) is 11.8. The van der Waals surface area contributed by atoms with Gasteiger partial charge >= 0.3 is 0 Å². The Morgan fingerprint density at radius 2 is 2.06 bits per heavy atom. The third-order valence-corrected chi connectivity index (χ3v) is 3.90. The minimum Gasteiger partial charge on any atom is -0.366 e. The summed E-state index contributed by atoms with van der Waals surface area (Å²) in [7, 11) is 0. The number of carbonyl (C=O) groups excluding carboxylic acids is 1. The van der Waals surface area contributed by atoms with E-state index >= 15 is 0 Å². The zero-order chi connectivity index (χ0) is 11.8. The average Bonchev–Trinajstić information content (AvgIpc) is 2.82. The van der Waals surface area contributed by atoms with Gasteiger partial charge in [-0.05, 0) is 44.1 Å². The fourth-order valence-electron chi connectivity index (χ4n) is 2.53. The fraction of sp³-hybridized carbons (Fsp3) is 0.786. The van der Waals surface area contributed by atoms with Crippen LogP contribution in [0.25, 0.3) is 0 Å². The van der Waals surface area contributed by atoms with Crippen molar-refractivity contribution >= 4 is 5.78 Å². The van der Waals surface area contributed by atoms with Crippen LogP contribution < -0.4 is 0 Å². The molecule has 2 rings (SSSR count). The number of rotatable bonds is 0. The van der Waals surface area contributed by atoms with Gasteiger partial charge in [-0.1, -0.05) is 19.9 Å². The van der Waals surface area contributed by atoms with Crippen LogP contribution in [-0.2, 0) is 9.53 Å². The molecule has 0 amide bonds. The molecule has 2 atom stereocenters. The molecule has 0 saturated carbocycles.